The van der Waals surface area contributed by atoms with Crippen LogP contribution >= 0.6 is 11.6 Å². The van der Waals surface area contributed by atoms with E-state index in [4.69, 9.17) is 21.1 Å². The molecule has 0 saturated heterocycles. The topological polar surface area (TPSA) is 87.8 Å². The smallest absolute Gasteiger partial charge is 0.318 e. The molecule has 0 bridgehead atoms. The summed E-state index contributed by atoms with van der Waals surface area (Å²) in [5.74, 6) is 0.589. The fourth-order valence-electron chi connectivity index (χ4n) is 3.13. The average molecular weight is 429 g/mol. The molecule has 0 aliphatic carbocycles. The second-order valence-corrected chi connectivity index (χ2v) is 6.82. The molecule has 0 amide bonds. The molecule has 4 rings (SSSR count). The number of rotatable bonds is 6. The standard InChI is InChI=1S/C20H18ClFN6O2/c1-4-30-20-25-11(2)17-19(27-20)28(10-13-8-24-16(21)6-15(13)29-3)18(26-17)12-5-14(22)9-23-7-12/h5-9H,4,10H2,1-3H3. The van der Waals surface area contributed by atoms with Crippen LogP contribution in [-0.2, 0) is 6.54 Å². The molecule has 0 radical (unpaired) electrons. The summed E-state index contributed by atoms with van der Waals surface area (Å²) in [6.07, 6.45) is 4.31. The van der Waals surface area contributed by atoms with Crippen molar-refractivity contribution in [1.82, 2.24) is 29.5 Å². The Morgan fingerprint density at radius 3 is 2.70 bits per heavy atom. The fourth-order valence-corrected chi connectivity index (χ4v) is 3.28. The molecule has 4 aromatic rings. The van der Waals surface area contributed by atoms with E-state index in [1.807, 2.05) is 18.4 Å². The predicted octanol–water partition coefficient (Wildman–Crippen LogP) is 3.84. The molecule has 4 aromatic heterocycles. The summed E-state index contributed by atoms with van der Waals surface area (Å²) in [4.78, 5) is 21.7. The Labute approximate surface area is 176 Å². The lowest BCUT2D eigenvalue weighted by atomic mass is 10.2. The van der Waals surface area contributed by atoms with Crippen LogP contribution in [0.25, 0.3) is 22.6 Å². The molecule has 0 fully saturated rings. The first-order valence-corrected chi connectivity index (χ1v) is 9.55. The van der Waals surface area contributed by atoms with E-state index in [0.717, 1.165) is 11.8 Å². The van der Waals surface area contributed by atoms with E-state index < -0.39 is 5.82 Å². The van der Waals surface area contributed by atoms with Gasteiger partial charge in [-0.15, -0.1) is 0 Å². The quantitative estimate of drug-likeness (QED) is 0.431. The number of hydrogen-bond donors (Lipinski definition) is 0. The van der Waals surface area contributed by atoms with Gasteiger partial charge in [0, 0.05) is 29.6 Å². The Bertz CT molecular complexity index is 1230. The van der Waals surface area contributed by atoms with Crippen LogP contribution in [0.5, 0.6) is 11.8 Å². The van der Waals surface area contributed by atoms with Gasteiger partial charge in [0.2, 0.25) is 0 Å². The minimum Gasteiger partial charge on any atom is -0.496 e. The molecule has 0 aromatic carbocycles. The van der Waals surface area contributed by atoms with E-state index in [1.165, 1.54) is 6.07 Å². The Hall–Kier alpha value is -3.33. The van der Waals surface area contributed by atoms with Gasteiger partial charge in [-0.2, -0.15) is 9.97 Å². The molecule has 0 aliphatic heterocycles. The van der Waals surface area contributed by atoms with Crippen LogP contribution in [0, 0.1) is 12.7 Å². The van der Waals surface area contributed by atoms with Crippen LogP contribution in [0.3, 0.4) is 0 Å². The Kier molecular flexibility index (Phi) is 5.45. The van der Waals surface area contributed by atoms with Crippen molar-refractivity contribution in [3.05, 3.63) is 53.0 Å². The van der Waals surface area contributed by atoms with Crippen LogP contribution in [-0.4, -0.2) is 43.2 Å². The van der Waals surface area contributed by atoms with Crippen LogP contribution < -0.4 is 9.47 Å². The fraction of sp³-hybridized carbons (Fsp3) is 0.250. The molecule has 0 spiro atoms. The molecule has 30 heavy (non-hydrogen) atoms. The first kappa shape index (κ1) is 20.0. The Morgan fingerprint density at radius 2 is 1.97 bits per heavy atom. The number of imidazole rings is 1. The highest BCUT2D eigenvalue weighted by atomic mass is 35.5. The maximum atomic E-state index is 13.9. The largest absolute Gasteiger partial charge is 0.496 e. The summed E-state index contributed by atoms with van der Waals surface area (Å²) >= 11 is 6.00. The van der Waals surface area contributed by atoms with E-state index in [0.29, 0.717) is 52.3 Å². The number of halogens is 2. The average Bonchev–Trinajstić information content (AvgIpc) is 3.08. The van der Waals surface area contributed by atoms with Gasteiger partial charge in [0.05, 0.1) is 32.2 Å². The van der Waals surface area contributed by atoms with Gasteiger partial charge < -0.3 is 14.0 Å². The van der Waals surface area contributed by atoms with Crippen molar-refractivity contribution >= 4 is 22.8 Å². The molecule has 4 heterocycles. The summed E-state index contributed by atoms with van der Waals surface area (Å²) in [5.41, 5.74) is 3.03. The second-order valence-electron chi connectivity index (χ2n) is 6.43. The summed E-state index contributed by atoms with van der Waals surface area (Å²) < 4.78 is 26.7. The van der Waals surface area contributed by atoms with Crippen molar-refractivity contribution in [2.75, 3.05) is 13.7 Å². The number of ether oxygens (including phenoxy) is 2. The Balaban J connectivity index is 1.95. The van der Waals surface area contributed by atoms with E-state index in [-0.39, 0.29) is 6.01 Å². The van der Waals surface area contributed by atoms with Gasteiger partial charge in [-0.25, -0.2) is 14.4 Å². The van der Waals surface area contributed by atoms with Gasteiger partial charge >= 0.3 is 6.01 Å². The lowest BCUT2D eigenvalue weighted by Gasteiger charge is -2.12. The second kappa shape index (κ2) is 8.19. The number of fused-ring (bicyclic) bond motifs is 1. The van der Waals surface area contributed by atoms with Gasteiger partial charge in [0.15, 0.2) is 5.65 Å². The van der Waals surface area contributed by atoms with Gasteiger partial charge in [-0.1, -0.05) is 11.6 Å². The number of aryl methyl sites for hydroxylation is 1. The molecular weight excluding hydrogens is 411 g/mol. The van der Waals surface area contributed by atoms with E-state index >= 15 is 0 Å². The predicted molar refractivity (Wildman–Crippen MR) is 109 cm³/mol. The molecule has 0 N–H and O–H groups in total. The highest BCUT2D eigenvalue weighted by Crippen LogP contribution is 2.29. The summed E-state index contributed by atoms with van der Waals surface area (Å²) in [7, 11) is 1.55. The highest BCUT2D eigenvalue weighted by molar-refractivity contribution is 6.29. The number of nitrogens with zero attached hydrogens (tertiary/aromatic N) is 6. The van der Waals surface area contributed by atoms with Crippen LogP contribution in [0.15, 0.2) is 30.7 Å². The van der Waals surface area contributed by atoms with Crippen molar-refractivity contribution in [2.24, 2.45) is 0 Å². The number of pyridine rings is 2. The maximum Gasteiger partial charge on any atom is 0.318 e. The molecule has 8 nitrogen and oxygen atoms in total. The SMILES string of the molecule is CCOc1nc(C)c2nc(-c3cncc(F)c3)n(Cc3cnc(Cl)cc3OC)c2n1. The molecule has 0 aliphatic rings. The van der Waals surface area contributed by atoms with Gasteiger partial charge in [0.1, 0.15) is 28.1 Å². The van der Waals surface area contributed by atoms with E-state index in [9.17, 15) is 4.39 Å². The van der Waals surface area contributed by atoms with Gasteiger partial charge in [-0.3, -0.25) is 4.98 Å². The summed E-state index contributed by atoms with van der Waals surface area (Å²) in [6, 6.07) is 3.24. The number of hydrogen-bond acceptors (Lipinski definition) is 7. The highest BCUT2D eigenvalue weighted by Gasteiger charge is 2.20. The zero-order valence-corrected chi connectivity index (χ0v) is 17.3. The maximum absolute atomic E-state index is 13.9. The summed E-state index contributed by atoms with van der Waals surface area (Å²) in [5, 5.41) is 0.317. The van der Waals surface area contributed by atoms with Crippen molar-refractivity contribution < 1.29 is 13.9 Å². The third-order valence-electron chi connectivity index (χ3n) is 4.44. The molecule has 0 saturated carbocycles. The number of aromatic nitrogens is 6. The third-order valence-corrected chi connectivity index (χ3v) is 4.65. The molecule has 10 heteroatoms. The minimum atomic E-state index is -0.463. The molecule has 0 atom stereocenters. The monoisotopic (exact) mass is 428 g/mol. The van der Waals surface area contributed by atoms with Crippen molar-refractivity contribution in [3.8, 4) is 23.1 Å². The van der Waals surface area contributed by atoms with E-state index in [1.54, 1.807) is 25.6 Å². The van der Waals surface area contributed by atoms with Crippen LogP contribution in [0.1, 0.15) is 18.2 Å². The third kappa shape index (κ3) is 3.76. The van der Waals surface area contributed by atoms with E-state index in [2.05, 4.69) is 24.9 Å². The van der Waals surface area contributed by atoms with Gasteiger partial charge in [0.25, 0.3) is 0 Å². The minimum absolute atomic E-state index is 0.244. The normalized spacial score (nSPS) is 11.1. The molecule has 154 valence electrons. The van der Waals surface area contributed by atoms with Crippen molar-refractivity contribution in [1.29, 1.82) is 0 Å². The lowest BCUT2D eigenvalue weighted by Crippen LogP contribution is -2.07. The zero-order chi connectivity index (χ0) is 21.3. The number of methoxy groups -OCH3 is 1. The lowest BCUT2D eigenvalue weighted by molar-refractivity contribution is 0.313. The van der Waals surface area contributed by atoms with Crippen LogP contribution in [0.2, 0.25) is 5.15 Å². The van der Waals surface area contributed by atoms with Crippen molar-refractivity contribution in [3.63, 3.8) is 0 Å². The zero-order valence-electron chi connectivity index (χ0n) is 16.6. The molecule has 0 unspecified atom stereocenters. The summed E-state index contributed by atoms with van der Waals surface area (Å²) in [6.45, 7) is 4.41. The first-order valence-electron chi connectivity index (χ1n) is 9.17. The van der Waals surface area contributed by atoms with Gasteiger partial charge in [-0.05, 0) is 19.9 Å². The van der Waals surface area contributed by atoms with Crippen molar-refractivity contribution in [2.45, 2.75) is 20.4 Å². The Morgan fingerprint density at radius 1 is 1.13 bits per heavy atom. The molecular formula is C20H18ClFN6O2. The van der Waals surface area contributed by atoms with Crippen LogP contribution in [0.4, 0.5) is 4.39 Å². The first-order chi connectivity index (χ1) is 14.5.